The Morgan fingerprint density at radius 3 is 1.05 bits per heavy atom. The SMILES string of the molecule is CCCCC(C)(CCC)C(=O)[O-].CCCCC(C)(CCC)C(=O)[O-].CCCCCCC(C)(C)C(=O)[O-].[Eu+3]. The summed E-state index contributed by atoms with van der Waals surface area (Å²) in [6, 6.07) is 0. The summed E-state index contributed by atoms with van der Waals surface area (Å²) >= 11 is 0. The van der Waals surface area contributed by atoms with Crippen molar-refractivity contribution in [1.82, 2.24) is 0 Å². The third-order valence-corrected chi connectivity index (χ3v) is 6.96. The number of rotatable bonds is 18. The first kappa shape index (κ1) is 44.0. The third kappa shape index (κ3) is 22.5. The molecule has 0 spiro atoms. The monoisotopic (exact) mass is 666 g/mol. The molecule has 0 rings (SSSR count). The Morgan fingerprint density at radius 1 is 0.459 bits per heavy atom. The molecule has 37 heavy (non-hydrogen) atoms. The normalized spacial score (nSPS) is 13.9. The number of unbranched alkanes of at least 4 members (excludes halogenated alkanes) is 5. The zero-order chi connectivity index (χ0) is 28.8. The first-order valence-corrected chi connectivity index (χ1v) is 14.3. The topological polar surface area (TPSA) is 120 Å². The van der Waals surface area contributed by atoms with Gasteiger partial charge in [-0.15, -0.1) is 0 Å². The van der Waals surface area contributed by atoms with Crippen molar-refractivity contribution in [2.75, 3.05) is 0 Å². The molecule has 0 aromatic rings. The van der Waals surface area contributed by atoms with E-state index in [0.29, 0.717) is 0 Å². The summed E-state index contributed by atoms with van der Waals surface area (Å²) in [7, 11) is 0. The van der Waals surface area contributed by atoms with Gasteiger partial charge in [-0.25, -0.2) is 0 Å². The molecule has 0 amide bonds. The van der Waals surface area contributed by atoms with Crippen molar-refractivity contribution in [3.05, 3.63) is 0 Å². The molecule has 7 heteroatoms. The van der Waals surface area contributed by atoms with Crippen LogP contribution in [0.1, 0.15) is 159 Å². The second-order valence-electron chi connectivity index (χ2n) is 11.4. The minimum Gasteiger partial charge on any atom is -0.550 e. The van der Waals surface area contributed by atoms with E-state index in [-0.39, 0.29) is 49.4 Å². The minimum atomic E-state index is -0.931. The van der Waals surface area contributed by atoms with Gasteiger partial charge in [0, 0.05) is 34.2 Å². The van der Waals surface area contributed by atoms with Gasteiger partial charge in [0.25, 0.3) is 0 Å². The van der Waals surface area contributed by atoms with Crippen LogP contribution in [0.15, 0.2) is 0 Å². The van der Waals surface area contributed by atoms with Gasteiger partial charge in [0.1, 0.15) is 0 Å². The van der Waals surface area contributed by atoms with Gasteiger partial charge in [0.2, 0.25) is 0 Å². The minimum absolute atomic E-state index is 0. The Morgan fingerprint density at radius 2 is 0.811 bits per heavy atom. The van der Waals surface area contributed by atoms with E-state index in [2.05, 4.69) is 20.8 Å². The van der Waals surface area contributed by atoms with Gasteiger partial charge >= 0.3 is 49.4 Å². The van der Waals surface area contributed by atoms with Crippen molar-refractivity contribution in [3.63, 3.8) is 0 Å². The van der Waals surface area contributed by atoms with Gasteiger partial charge in [-0.2, -0.15) is 0 Å². The Balaban J connectivity index is -0.000000218. The van der Waals surface area contributed by atoms with E-state index < -0.39 is 34.2 Å². The molecular formula is C30H57EuO6. The van der Waals surface area contributed by atoms with Gasteiger partial charge in [-0.05, 0) is 32.1 Å². The quantitative estimate of drug-likeness (QED) is 0.186. The van der Waals surface area contributed by atoms with Crippen molar-refractivity contribution >= 4 is 17.9 Å². The molecule has 6 nitrogen and oxygen atoms in total. The second kappa shape index (κ2) is 25.0. The summed E-state index contributed by atoms with van der Waals surface area (Å²) < 4.78 is 0. The average Bonchev–Trinajstić information content (AvgIpc) is 2.80. The molecule has 0 bridgehead atoms. The third-order valence-electron chi connectivity index (χ3n) is 6.96. The molecule has 220 valence electrons. The van der Waals surface area contributed by atoms with Crippen LogP contribution in [0.5, 0.6) is 0 Å². The van der Waals surface area contributed by atoms with Crippen molar-refractivity contribution in [3.8, 4) is 0 Å². The Labute approximate surface area is 269 Å². The second-order valence-corrected chi connectivity index (χ2v) is 11.4. The number of carboxylic acids is 3. The summed E-state index contributed by atoms with van der Waals surface area (Å²) in [6.45, 7) is 17.3. The number of carbonyl (C=O) groups is 3. The number of carboxylic acid groups (broad SMARTS) is 3. The summed E-state index contributed by atoms with van der Waals surface area (Å²) in [5.41, 5.74) is -1.83. The molecule has 0 fully saturated rings. The first-order valence-electron chi connectivity index (χ1n) is 14.3. The molecule has 0 aliphatic rings. The van der Waals surface area contributed by atoms with E-state index in [4.69, 9.17) is 0 Å². The number of aliphatic carboxylic acids is 3. The van der Waals surface area contributed by atoms with E-state index in [9.17, 15) is 29.7 Å². The smallest absolute Gasteiger partial charge is 0.550 e. The largest absolute Gasteiger partial charge is 3.00 e. The van der Waals surface area contributed by atoms with Crippen molar-refractivity contribution < 1.29 is 79.1 Å². The van der Waals surface area contributed by atoms with E-state index in [1.165, 1.54) is 12.8 Å². The van der Waals surface area contributed by atoms with E-state index >= 15 is 0 Å². The van der Waals surface area contributed by atoms with Crippen LogP contribution in [0.3, 0.4) is 0 Å². The molecule has 0 radical (unpaired) electrons. The summed E-state index contributed by atoms with van der Waals surface area (Å²) in [4.78, 5) is 32.2. The summed E-state index contributed by atoms with van der Waals surface area (Å²) in [5.74, 6) is -2.71. The van der Waals surface area contributed by atoms with E-state index in [1.807, 2.05) is 13.8 Å². The number of hydrogen-bond acceptors (Lipinski definition) is 6. The molecular weight excluding hydrogens is 608 g/mol. The predicted molar refractivity (Wildman–Crippen MR) is 143 cm³/mol. The molecule has 0 saturated carbocycles. The van der Waals surface area contributed by atoms with Crippen LogP contribution >= 0.6 is 0 Å². The molecule has 2 unspecified atom stereocenters. The molecule has 2 atom stereocenters. The number of carbonyl (C=O) groups excluding carboxylic acids is 3. The van der Waals surface area contributed by atoms with Gasteiger partial charge < -0.3 is 29.7 Å². The van der Waals surface area contributed by atoms with Crippen molar-refractivity contribution in [2.45, 2.75) is 159 Å². The van der Waals surface area contributed by atoms with Crippen LogP contribution in [0.4, 0.5) is 0 Å². The standard InChI is InChI=1S/3C10H20O2.Eu/c1-4-5-6-7-8-10(2,3)9(11)12;2*1-4-6-8-10(3,7-5-2)9(11)12;/h3*4-8H2,1-3H3,(H,11,12);/q;;;+3/p-3. The van der Waals surface area contributed by atoms with Crippen LogP contribution in [-0.4, -0.2) is 17.9 Å². The van der Waals surface area contributed by atoms with Gasteiger partial charge in [0.05, 0.1) is 0 Å². The molecule has 0 aromatic carbocycles. The van der Waals surface area contributed by atoms with Gasteiger partial charge in [0.15, 0.2) is 0 Å². The molecule has 0 saturated heterocycles. The predicted octanol–water partition coefficient (Wildman–Crippen LogP) is 5.20. The zero-order valence-corrected chi connectivity index (χ0v) is 27.9. The van der Waals surface area contributed by atoms with E-state index in [1.54, 1.807) is 27.7 Å². The Kier molecular flexibility index (Phi) is 29.7. The van der Waals surface area contributed by atoms with Crippen molar-refractivity contribution in [1.29, 1.82) is 0 Å². The molecule has 0 aromatic heterocycles. The maximum Gasteiger partial charge on any atom is 3.00 e. The van der Waals surface area contributed by atoms with Crippen LogP contribution in [-0.2, 0) is 14.4 Å². The first-order chi connectivity index (χ1) is 16.6. The van der Waals surface area contributed by atoms with Crippen LogP contribution < -0.4 is 15.3 Å². The molecule has 0 N–H and O–H groups in total. The van der Waals surface area contributed by atoms with Crippen LogP contribution in [0.2, 0.25) is 0 Å². The van der Waals surface area contributed by atoms with Crippen LogP contribution in [0.25, 0.3) is 0 Å². The Bertz CT molecular complexity index is 559. The average molecular weight is 666 g/mol. The summed E-state index contributed by atoms with van der Waals surface area (Å²) in [6.07, 6.45) is 14.1. The van der Waals surface area contributed by atoms with Crippen LogP contribution in [0, 0.1) is 65.6 Å². The van der Waals surface area contributed by atoms with Crippen molar-refractivity contribution in [2.24, 2.45) is 16.2 Å². The molecule has 0 aliphatic carbocycles. The summed E-state index contributed by atoms with van der Waals surface area (Å²) in [5, 5.41) is 32.2. The maximum atomic E-state index is 10.8. The van der Waals surface area contributed by atoms with E-state index in [0.717, 1.165) is 83.5 Å². The molecule has 0 aliphatic heterocycles. The molecule has 0 heterocycles. The number of hydrogen-bond donors (Lipinski definition) is 0. The maximum absolute atomic E-state index is 10.8. The zero-order valence-electron chi connectivity index (χ0n) is 25.4. The Hall–Kier alpha value is -0.00558. The fraction of sp³-hybridized carbons (Fsp3) is 0.900. The fourth-order valence-corrected chi connectivity index (χ4v) is 3.99. The van der Waals surface area contributed by atoms with Gasteiger partial charge in [-0.3, -0.25) is 0 Å². The fourth-order valence-electron chi connectivity index (χ4n) is 3.99. The van der Waals surface area contributed by atoms with Gasteiger partial charge in [-0.1, -0.05) is 127 Å².